The zero-order valence-electron chi connectivity index (χ0n) is 12.4. The highest BCUT2D eigenvalue weighted by Gasteiger charge is 2.22. The number of hydrogen-bond donors (Lipinski definition) is 2. The van der Waals surface area contributed by atoms with E-state index in [1.165, 1.54) is 11.3 Å². The Kier molecular flexibility index (Phi) is 4.74. The molecule has 2 heterocycles. The van der Waals surface area contributed by atoms with E-state index in [0.717, 1.165) is 22.0 Å². The number of carbonyl (C=O) groups excluding carboxylic acids is 1. The first-order valence-electron chi connectivity index (χ1n) is 6.65. The maximum atomic E-state index is 12.0. The van der Waals surface area contributed by atoms with Crippen LogP contribution in [0.3, 0.4) is 0 Å². The third-order valence-corrected chi connectivity index (χ3v) is 4.23. The van der Waals surface area contributed by atoms with Crippen LogP contribution in [0.1, 0.15) is 27.7 Å². The molecule has 0 bridgehead atoms. The van der Waals surface area contributed by atoms with Crippen LogP contribution in [-0.2, 0) is 17.8 Å². The van der Waals surface area contributed by atoms with Gasteiger partial charge in [0.15, 0.2) is 0 Å². The number of nitrogens with zero attached hydrogens (tertiary/aromatic N) is 3. The minimum Gasteiger partial charge on any atom is -0.478 e. The first-order valence-corrected chi connectivity index (χ1v) is 7.47. The molecular weight excluding hydrogens is 324 g/mol. The summed E-state index contributed by atoms with van der Waals surface area (Å²) in [5.41, 5.74) is 0.562. The first-order chi connectivity index (χ1) is 10.8. The summed E-state index contributed by atoms with van der Waals surface area (Å²) in [6.45, 7) is 3.39. The summed E-state index contributed by atoms with van der Waals surface area (Å²) in [6, 6.07) is 0. The van der Waals surface area contributed by atoms with Crippen LogP contribution >= 0.6 is 11.3 Å². The molecule has 0 aliphatic rings. The molecular formula is C13H14N4O5S. The van der Waals surface area contributed by atoms with Crippen molar-refractivity contribution in [2.24, 2.45) is 0 Å². The van der Waals surface area contributed by atoms with Gasteiger partial charge in [-0.05, 0) is 18.9 Å². The van der Waals surface area contributed by atoms with Crippen LogP contribution in [0.25, 0.3) is 0 Å². The van der Waals surface area contributed by atoms with Gasteiger partial charge in [-0.1, -0.05) is 6.92 Å². The monoisotopic (exact) mass is 338 g/mol. The van der Waals surface area contributed by atoms with E-state index in [1.54, 1.807) is 6.92 Å². The predicted octanol–water partition coefficient (Wildman–Crippen LogP) is 2.06. The minimum atomic E-state index is -1.10. The second-order valence-electron chi connectivity index (χ2n) is 4.70. The molecule has 2 aromatic heterocycles. The topological polar surface area (TPSA) is 127 Å². The van der Waals surface area contributed by atoms with Crippen molar-refractivity contribution in [3.05, 3.63) is 38.5 Å². The molecule has 0 saturated carbocycles. The molecule has 0 unspecified atom stereocenters. The molecule has 0 atom stereocenters. The number of aromatic carboxylic acids is 1. The summed E-state index contributed by atoms with van der Waals surface area (Å²) in [7, 11) is 0. The normalized spacial score (nSPS) is 10.5. The summed E-state index contributed by atoms with van der Waals surface area (Å²) < 4.78 is 1.12. The third kappa shape index (κ3) is 3.54. The van der Waals surface area contributed by atoms with Crippen LogP contribution in [0.4, 0.5) is 10.7 Å². The highest BCUT2D eigenvalue weighted by atomic mass is 32.1. The van der Waals surface area contributed by atoms with Crippen LogP contribution in [0.2, 0.25) is 0 Å². The van der Waals surface area contributed by atoms with Crippen LogP contribution in [0.15, 0.2) is 12.4 Å². The lowest BCUT2D eigenvalue weighted by molar-refractivity contribution is -0.385. The zero-order valence-corrected chi connectivity index (χ0v) is 13.2. The van der Waals surface area contributed by atoms with E-state index in [4.69, 9.17) is 0 Å². The van der Waals surface area contributed by atoms with Crippen molar-refractivity contribution in [1.29, 1.82) is 0 Å². The van der Waals surface area contributed by atoms with Gasteiger partial charge in [0.05, 0.1) is 10.5 Å². The zero-order chi connectivity index (χ0) is 17.1. The number of anilines is 1. The lowest BCUT2D eigenvalue weighted by Gasteiger charge is -2.05. The minimum absolute atomic E-state index is 0.0924. The Hall–Kier alpha value is -2.75. The van der Waals surface area contributed by atoms with Crippen molar-refractivity contribution in [2.75, 3.05) is 5.32 Å². The Morgan fingerprint density at radius 3 is 2.74 bits per heavy atom. The molecule has 23 heavy (non-hydrogen) atoms. The maximum absolute atomic E-state index is 12.0. The van der Waals surface area contributed by atoms with Gasteiger partial charge < -0.3 is 10.4 Å². The Balaban J connectivity index is 2.16. The van der Waals surface area contributed by atoms with Gasteiger partial charge in [-0.25, -0.2) is 4.79 Å². The fraction of sp³-hybridized carbons (Fsp3) is 0.308. The van der Waals surface area contributed by atoms with Crippen LogP contribution in [0, 0.1) is 17.0 Å². The lowest BCUT2D eigenvalue weighted by Crippen LogP contribution is -2.19. The largest absolute Gasteiger partial charge is 0.478 e. The standard InChI is InChI=1S/C13H14N4O5S/c1-3-9-7(2)23-12(11(9)13(19)20)15-10(18)6-16-5-8(4-14-16)17(21)22/h4-5H,3,6H2,1-2H3,(H,15,18)(H,19,20). The number of amides is 1. The molecule has 2 N–H and O–H groups in total. The summed E-state index contributed by atoms with van der Waals surface area (Å²) in [4.78, 5) is 34.2. The number of carbonyl (C=O) groups is 2. The number of aryl methyl sites for hydroxylation is 1. The molecule has 0 aromatic carbocycles. The average molecular weight is 338 g/mol. The van der Waals surface area contributed by atoms with Crippen molar-refractivity contribution in [1.82, 2.24) is 9.78 Å². The second-order valence-corrected chi connectivity index (χ2v) is 5.93. The van der Waals surface area contributed by atoms with Crippen molar-refractivity contribution >= 4 is 33.9 Å². The van der Waals surface area contributed by atoms with Gasteiger partial charge in [0.2, 0.25) is 5.91 Å². The van der Waals surface area contributed by atoms with Gasteiger partial charge in [-0.3, -0.25) is 19.6 Å². The number of aromatic nitrogens is 2. The van der Waals surface area contributed by atoms with Gasteiger partial charge in [0, 0.05) is 4.88 Å². The highest BCUT2D eigenvalue weighted by Crippen LogP contribution is 2.33. The molecule has 2 rings (SSSR count). The van der Waals surface area contributed by atoms with E-state index < -0.39 is 16.8 Å². The van der Waals surface area contributed by atoms with E-state index in [9.17, 15) is 24.8 Å². The average Bonchev–Trinajstić information content (AvgIpc) is 3.02. The summed E-state index contributed by atoms with van der Waals surface area (Å²) in [5, 5.41) is 26.4. The van der Waals surface area contributed by atoms with Gasteiger partial charge >= 0.3 is 11.7 Å². The number of carboxylic acids is 1. The Labute approximate surface area is 134 Å². The summed E-state index contributed by atoms with van der Waals surface area (Å²) in [6.07, 6.45) is 2.72. The molecule has 0 saturated heterocycles. The second kappa shape index (κ2) is 6.57. The highest BCUT2D eigenvalue weighted by molar-refractivity contribution is 7.16. The maximum Gasteiger partial charge on any atom is 0.339 e. The first kappa shape index (κ1) is 16.6. The third-order valence-electron chi connectivity index (χ3n) is 3.17. The number of nitrogens with one attached hydrogen (secondary N) is 1. The molecule has 9 nitrogen and oxygen atoms in total. The number of thiophene rings is 1. The molecule has 0 spiro atoms. The lowest BCUT2D eigenvalue weighted by atomic mass is 10.1. The Morgan fingerprint density at radius 1 is 1.52 bits per heavy atom. The molecule has 0 aliphatic heterocycles. The van der Waals surface area contributed by atoms with Gasteiger partial charge in [-0.15, -0.1) is 11.3 Å². The number of rotatable bonds is 6. The van der Waals surface area contributed by atoms with E-state index in [-0.39, 0.29) is 22.8 Å². The van der Waals surface area contributed by atoms with Crippen molar-refractivity contribution in [3.63, 3.8) is 0 Å². The van der Waals surface area contributed by atoms with Gasteiger partial charge in [0.1, 0.15) is 23.9 Å². The van der Waals surface area contributed by atoms with Crippen molar-refractivity contribution in [3.8, 4) is 0 Å². The molecule has 0 radical (unpaired) electrons. The van der Waals surface area contributed by atoms with E-state index in [0.29, 0.717) is 12.0 Å². The van der Waals surface area contributed by atoms with Crippen molar-refractivity contribution in [2.45, 2.75) is 26.8 Å². The molecule has 2 aromatic rings. The van der Waals surface area contributed by atoms with E-state index in [1.807, 2.05) is 6.92 Å². The van der Waals surface area contributed by atoms with Gasteiger partial charge in [0.25, 0.3) is 0 Å². The SMILES string of the molecule is CCc1c(C)sc(NC(=O)Cn2cc([N+](=O)[O-])cn2)c1C(=O)O. The van der Waals surface area contributed by atoms with E-state index >= 15 is 0 Å². The van der Waals surface area contributed by atoms with Gasteiger partial charge in [-0.2, -0.15) is 5.10 Å². The molecule has 0 aliphatic carbocycles. The fourth-order valence-corrected chi connectivity index (χ4v) is 3.32. The predicted molar refractivity (Wildman–Crippen MR) is 82.9 cm³/mol. The quantitative estimate of drug-likeness (QED) is 0.613. The van der Waals surface area contributed by atoms with Crippen LogP contribution in [0.5, 0.6) is 0 Å². The van der Waals surface area contributed by atoms with Crippen LogP contribution in [-0.4, -0.2) is 31.7 Å². The van der Waals surface area contributed by atoms with Crippen molar-refractivity contribution < 1.29 is 19.6 Å². The number of hydrogen-bond acceptors (Lipinski definition) is 6. The smallest absolute Gasteiger partial charge is 0.339 e. The molecule has 122 valence electrons. The molecule has 10 heteroatoms. The fourth-order valence-electron chi connectivity index (χ4n) is 2.17. The van der Waals surface area contributed by atoms with E-state index in [2.05, 4.69) is 10.4 Å². The Morgan fingerprint density at radius 2 is 2.22 bits per heavy atom. The molecule has 0 fully saturated rings. The number of nitro groups is 1. The Bertz CT molecular complexity index is 779. The molecule has 1 amide bonds. The summed E-state index contributed by atoms with van der Waals surface area (Å²) in [5.74, 6) is -1.61. The number of carboxylic acid groups (broad SMARTS) is 1. The summed E-state index contributed by atoms with van der Waals surface area (Å²) >= 11 is 1.19. The van der Waals surface area contributed by atoms with Crippen LogP contribution < -0.4 is 5.32 Å².